The van der Waals surface area contributed by atoms with Gasteiger partial charge in [0.1, 0.15) is 0 Å². The van der Waals surface area contributed by atoms with Gasteiger partial charge in [0.05, 0.1) is 6.10 Å². The monoisotopic (exact) mass is 239 g/mol. The highest BCUT2D eigenvalue weighted by Crippen LogP contribution is 2.35. The Morgan fingerprint density at radius 2 is 2.00 bits per heavy atom. The van der Waals surface area contributed by atoms with Gasteiger partial charge < -0.3 is 10.5 Å². The van der Waals surface area contributed by atoms with Crippen molar-refractivity contribution in [1.82, 2.24) is 0 Å². The normalized spacial score (nSPS) is 19.4. The molecule has 0 amide bonds. The van der Waals surface area contributed by atoms with Crippen molar-refractivity contribution >= 4 is 11.6 Å². The molecule has 2 nitrogen and oxygen atoms in total. The largest absolute Gasteiger partial charge is 0.380 e. The van der Waals surface area contributed by atoms with Crippen molar-refractivity contribution in [2.45, 2.75) is 31.4 Å². The van der Waals surface area contributed by atoms with Crippen LogP contribution in [0.1, 0.15) is 18.4 Å². The summed E-state index contributed by atoms with van der Waals surface area (Å²) in [5, 5.41) is 0.766. The molecule has 1 saturated carbocycles. The lowest BCUT2D eigenvalue weighted by Crippen LogP contribution is -2.39. The zero-order chi connectivity index (χ0) is 11.5. The zero-order valence-corrected chi connectivity index (χ0v) is 10.3. The van der Waals surface area contributed by atoms with Gasteiger partial charge in [0.15, 0.2) is 0 Å². The van der Waals surface area contributed by atoms with Crippen molar-refractivity contribution in [3.05, 3.63) is 34.9 Å². The molecule has 0 spiro atoms. The van der Waals surface area contributed by atoms with Gasteiger partial charge in [-0.2, -0.15) is 0 Å². The fraction of sp³-hybridized carbons (Fsp3) is 0.538. The predicted octanol–water partition coefficient (Wildman–Crippen LogP) is 2.63. The molecule has 2 N–H and O–H groups in total. The van der Waals surface area contributed by atoms with Crippen LogP contribution in [0.5, 0.6) is 0 Å². The number of benzene rings is 1. The molecule has 16 heavy (non-hydrogen) atoms. The van der Waals surface area contributed by atoms with Gasteiger partial charge in [0.25, 0.3) is 0 Å². The minimum atomic E-state index is 0.0821. The lowest BCUT2D eigenvalue weighted by Gasteiger charge is -2.22. The van der Waals surface area contributed by atoms with Gasteiger partial charge >= 0.3 is 0 Å². The van der Waals surface area contributed by atoms with Crippen LogP contribution in [0, 0.1) is 5.92 Å². The molecule has 1 aromatic rings. The Balaban J connectivity index is 1.94. The maximum atomic E-state index is 6.18. The van der Waals surface area contributed by atoms with Gasteiger partial charge in [-0.1, -0.05) is 23.7 Å². The first-order chi connectivity index (χ1) is 7.70. The van der Waals surface area contributed by atoms with Crippen LogP contribution in [0.15, 0.2) is 24.3 Å². The molecule has 1 aliphatic carbocycles. The number of hydrogen-bond acceptors (Lipinski definition) is 2. The molecule has 2 atom stereocenters. The summed E-state index contributed by atoms with van der Waals surface area (Å²) in [7, 11) is 1.75. The van der Waals surface area contributed by atoms with E-state index in [0.717, 1.165) is 11.4 Å². The topological polar surface area (TPSA) is 35.2 Å². The molecule has 88 valence electrons. The van der Waals surface area contributed by atoms with E-state index in [1.165, 1.54) is 18.4 Å². The summed E-state index contributed by atoms with van der Waals surface area (Å²) in [6.07, 6.45) is 3.57. The summed E-state index contributed by atoms with van der Waals surface area (Å²) in [4.78, 5) is 0. The van der Waals surface area contributed by atoms with Crippen LogP contribution in [0.4, 0.5) is 0 Å². The van der Waals surface area contributed by atoms with Crippen LogP contribution in [-0.2, 0) is 11.2 Å². The van der Waals surface area contributed by atoms with E-state index in [0.29, 0.717) is 5.92 Å². The Bertz CT molecular complexity index is 334. The molecule has 0 heterocycles. The van der Waals surface area contributed by atoms with Gasteiger partial charge in [-0.15, -0.1) is 0 Å². The molecule has 2 unspecified atom stereocenters. The Morgan fingerprint density at radius 1 is 1.38 bits per heavy atom. The summed E-state index contributed by atoms with van der Waals surface area (Å²) in [6.45, 7) is 0. The highest BCUT2D eigenvalue weighted by Gasteiger charge is 2.35. The minimum absolute atomic E-state index is 0.0821. The Kier molecular flexibility index (Phi) is 3.85. The van der Waals surface area contributed by atoms with Crippen LogP contribution in [0.3, 0.4) is 0 Å². The minimum Gasteiger partial charge on any atom is -0.380 e. The quantitative estimate of drug-likeness (QED) is 0.858. The smallest absolute Gasteiger partial charge is 0.0753 e. The van der Waals surface area contributed by atoms with Crippen LogP contribution in [0.2, 0.25) is 5.02 Å². The van der Waals surface area contributed by atoms with Gasteiger partial charge in [0, 0.05) is 18.2 Å². The average molecular weight is 240 g/mol. The summed E-state index contributed by atoms with van der Waals surface area (Å²) in [5.41, 5.74) is 7.40. The molecule has 0 aromatic heterocycles. The van der Waals surface area contributed by atoms with E-state index in [4.69, 9.17) is 22.1 Å². The van der Waals surface area contributed by atoms with Gasteiger partial charge in [-0.3, -0.25) is 0 Å². The van der Waals surface area contributed by atoms with Gasteiger partial charge in [0.2, 0.25) is 0 Å². The second kappa shape index (κ2) is 5.17. The SMILES string of the molecule is COC(C(N)Cc1ccc(Cl)cc1)C1CC1. The first-order valence-electron chi connectivity index (χ1n) is 5.73. The molecule has 1 fully saturated rings. The van der Waals surface area contributed by atoms with Crippen molar-refractivity contribution in [1.29, 1.82) is 0 Å². The van der Waals surface area contributed by atoms with E-state index in [1.807, 2.05) is 24.3 Å². The number of nitrogens with two attached hydrogens (primary N) is 1. The number of ether oxygens (including phenoxy) is 1. The lowest BCUT2D eigenvalue weighted by atomic mass is 9.99. The second-order valence-corrected chi connectivity index (χ2v) is 4.97. The number of hydrogen-bond donors (Lipinski definition) is 1. The summed E-state index contributed by atoms with van der Waals surface area (Å²) in [5.74, 6) is 0.673. The van der Waals surface area contributed by atoms with E-state index in [1.54, 1.807) is 7.11 Å². The predicted molar refractivity (Wildman–Crippen MR) is 66.7 cm³/mol. The molecule has 2 rings (SSSR count). The highest BCUT2D eigenvalue weighted by molar-refractivity contribution is 6.30. The van der Waals surface area contributed by atoms with E-state index in [2.05, 4.69) is 0 Å². The first-order valence-corrected chi connectivity index (χ1v) is 6.11. The van der Waals surface area contributed by atoms with Gasteiger partial charge in [-0.25, -0.2) is 0 Å². The van der Waals surface area contributed by atoms with Crippen molar-refractivity contribution in [2.75, 3.05) is 7.11 Å². The number of halogens is 1. The highest BCUT2D eigenvalue weighted by atomic mass is 35.5. The fourth-order valence-electron chi connectivity index (χ4n) is 2.15. The molecule has 0 bridgehead atoms. The third-order valence-corrected chi connectivity index (χ3v) is 3.42. The summed E-state index contributed by atoms with van der Waals surface area (Å²) in [6, 6.07) is 7.95. The third-order valence-electron chi connectivity index (χ3n) is 3.17. The molecule has 1 aliphatic rings. The molecule has 0 radical (unpaired) electrons. The van der Waals surface area contributed by atoms with Crippen LogP contribution in [-0.4, -0.2) is 19.3 Å². The lowest BCUT2D eigenvalue weighted by molar-refractivity contribution is 0.0627. The molecular weight excluding hydrogens is 222 g/mol. The van der Waals surface area contributed by atoms with Crippen molar-refractivity contribution in [3.63, 3.8) is 0 Å². The molecule has 0 aliphatic heterocycles. The summed E-state index contributed by atoms with van der Waals surface area (Å²) < 4.78 is 5.48. The number of rotatable bonds is 5. The van der Waals surface area contributed by atoms with Crippen LogP contribution >= 0.6 is 11.6 Å². The van der Waals surface area contributed by atoms with Gasteiger partial charge in [-0.05, 0) is 42.9 Å². The Hall–Kier alpha value is -0.570. The summed E-state index contributed by atoms with van der Waals surface area (Å²) >= 11 is 5.84. The first kappa shape index (κ1) is 11.9. The van der Waals surface area contributed by atoms with E-state index in [-0.39, 0.29) is 12.1 Å². The molecular formula is C13H18ClNO. The third kappa shape index (κ3) is 2.97. The zero-order valence-electron chi connectivity index (χ0n) is 9.53. The second-order valence-electron chi connectivity index (χ2n) is 4.53. The number of methoxy groups -OCH3 is 1. The maximum Gasteiger partial charge on any atom is 0.0753 e. The standard InChI is InChI=1S/C13H18ClNO/c1-16-13(10-4-5-10)12(15)8-9-2-6-11(14)7-3-9/h2-3,6-7,10,12-13H,4-5,8,15H2,1H3. The van der Waals surface area contributed by atoms with E-state index in [9.17, 15) is 0 Å². The Labute approximate surface area is 102 Å². The molecule has 0 saturated heterocycles. The van der Waals surface area contributed by atoms with Crippen molar-refractivity contribution < 1.29 is 4.74 Å². The maximum absolute atomic E-state index is 6.18. The average Bonchev–Trinajstić information content (AvgIpc) is 3.07. The molecule has 1 aromatic carbocycles. The van der Waals surface area contributed by atoms with E-state index >= 15 is 0 Å². The molecule has 3 heteroatoms. The van der Waals surface area contributed by atoms with Crippen LogP contribution in [0.25, 0.3) is 0 Å². The van der Waals surface area contributed by atoms with E-state index < -0.39 is 0 Å². The Morgan fingerprint density at radius 3 is 2.50 bits per heavy atom. The van der Waals surface area contributed by atoms with Crippen molar-refractivity contribution in [2.24, 2.45) is 11.7 Å². The fourth-order valence-corrected chi connectivity index (χ4v) is 2.28. The van der Waals surface area contributed by atoms with Crippen LogP contribution < -0.4 is 5.73 Å². The van der Waals surface area contributed by atoms with Crippen molar-refractivity contribution in [3.8, 4) is 0 Å².